The molecule has 11 heteroatoms. The van der Waals surface area contributed by atoms with Crippen LogP contribution >= 0.6 is 11.3 Å². The summed E-state index contributed by atoms with van der Waals surface area (Å²) in [6.07, 6.45) is 4.85. The van der Waals surface area contributed by atoms with Gasteiger partial charge in [-0.2, -0.15) is 0 Å². The van der Waals surface area contributed by atoms with Gasteiger partial charge in [0.15, 0.2) is 0 Å². The number of benzene rings is 1. The molecule has 3 N–H and O–H groups in total. The third-order valence-corrected chi connectivity index (χ3v) is 7.14. The molecular weight excluding hydrogens is 474 g/mol. The molecule has 0 amide bonds. The van der Waals surface area contributed by atoms with E-state index < -0.39 is 22.0 Å². The summed E-state index contributed by atoms with van der Waals surface area (Å²) in [5.74, 6) is -0.689. The molecule has 0 aliphatic heterocycles. The van der Waals surface area contributed by atoms with Crippen LogP contribution in [0.5, 0.6) is 0 Å². The maximum Gasteiger partial charge on any atom is 0.322 e. The van der Waals surface area contributed by atoms with Gasteiger partial charge in [-0.3, -0.25) is 9.78 Å². The second-order valence-electron chi connectivity index (χ2n) is 7.30. The van der Waals surface area contributed by atoms with E-state index >= 15 is 0 Å². The minimum absolute atomic E-state index is 0.0410. The maximum absolute atomic E-state index is 13.0. The van der Waals surface area contributed by atoms with Crippen LogP contribution in [0, 0.1) is 0 Å². The van der Waals surface area contributed by atoms with Gasteiger partial charge in [0, 0.05) is 29.5 Å². The zero-order chi connectivity index (χ0) is 24.0. The molecule has 0 bridgehead atoms. The molecule has 1 aromatic carbocycles. The van der Waals surface area contributed by atoms with E-state index in [1.165, 1.54) is 29.8 Å². The number of hydrogen-bond acceptors (Lipinski definition) is 8. The van der Waals surface area contributed by atoms with Crippen LogP contribution in [0.4, 0.5) is 5.82 Å². The smallest absolute Gasteiger partial charge is 0.322 e. The SMILES string of the molecule is O=C(O)CNc1cccc(C(Cc2ccc(-c3nccs3)cc2)NS(=O)(=O)c2cccnc2)n1. The fourth-order valence-electron chi connectivity index (χ4n) is 3.26. The summed E-state index contributed by atoms with van der Waals surface area (Å²) in [7, 11) is -3.89. The highest BCUT2D eigenvalue weighted by molar-refractivity contribution is 7.89. The number of pyridine rings is 2. The number of carboxylic acids is 1. The van der Waals surface area contributed by atoms with Gasteiger partial charge < -0.3 is 10.4 Å². The van der Waals surface area contributed by atoms with Gasteiger partial charge in [0.1, 0.15) is 22.3 Å². The van der Waals surface area contributed by atoms with Crippen molar-refractivity contribution in [3.63, 3.8) is 0 Å². The molecule has 3 aromatic heterocycles. The molecule has 4 rings (SSSR count). The zero-order valence-electron chi connectivity index (χ0n) is 17.8. The lowest BCUT2D eigenvalue weighted by Crippen LogP contribution is -2.31. The molecule has 4 aromatic rings. The summed E-state index contributed by atoms with van der Waals surface area (Å²) in [6.45, 7) is -0.305. The van der Waals surface area contributed by atoms with Crippen molar-refractivity contribution in [2.75, 3.05) is 11.9 Å². The number of anilines is 1. The largest absolute Gasteiger partial charge is 0.480 e. The predicted octanol–water partition coefficient (Wildman–Crippen LogP) is 3.36. The summed E-state index contributed by atoms with van der Waals surface area (Å²) in [5, 5.41) is 14.5. The molecule has 0 saturated carbocycles. The molecule has 1 atom stereocenters. The first-order chi connectivity index (χ1) is 16.4. The van der Waals surface area contributed by atoms with E-state index in [0.29, 0.717) is 17.9 Å². The standard InChI is InChI=1S/C23H21N5O4S2/c29-22(30)15-26-21-5-1-4-19(27-21)20(28-34(31,32)18-3-2-10-24-14-18)13-16-6-8-17(9-7-16)23-25-11-12-33-23/h1-12,14,20,28H,13,15H2,(H,26,27)(H,29,30). The fraction of sp³-hybridized carbons (Fsp3) is 0.130. The lowest BCUT2D eigenvalue weighted by atomic mass is 10.0. The van der Waals surface area contributed by atoms with Gasteiger partial charge in [-0.05, 0) is 36.2 Å². The Labute approximate surface area is 200 Å². The van der Waals surface area contributed by atoms with E-state index in [4.69, 9.17) is 5.11 Å². The highest BCUT2D eigenvalue weighted by Crippen LogP contribution is 2.25. The number of aromatic nitrogens is 3. The van der Waals surface area contributed by atoms with Crippen LogP contribution in [-0.2, 0) is 21.2 Å². The van der Waals surface area contributed by atoms with Gasteiger partial charge in [-0.15, -0.1) is 11.3 Å². The van der Waals surface area contributed by atoms with Crippen molar-refractivity contribution in [1.29, 1.82) is 0 Å². The maximum atomic E-state index is 13.0. The monoisotopic (exact) mass is 495 g/mol. The Morgan fingerprint density at radius 3 is 2.56 bits per heavy atom. The van der Waals surface area contributed by atoms with Gasteiger partial charge in [-0.1, -0.05) is 30.3 Å². The van der Waals surface area contributed by atoms with Crippen molar-refractivity contribution in [3.05, 3.63) is 89.8 Å². The predicted molar refractivity (Wildman–Crippen MR) is 129 cm³/mol. The Balaban J connectivity index is 1.63. The molecule has 0 radical (unpaired) electrons. The minimum atomic E-state index is -3.89. The van der Waals surface area contributed by atoms with Gasteiger partial charge in [0.2, 0.25) is 10.0 Å². The van der Waals surface area contributed by atoms with Crippen LogP contribution in [0.1, 0.15) is 17.3 Å². The number of thiazole rings is 1. The Kier molecular flexibility index (Phi) is 7.26. The number of hydrogen-bond donors (Lipinski definition) is 3. The van der Waals surface area contributed by atoms with Crippen LogP contribution in [0.25, 0.3) is 10.6 Å². The van der Waals surface area contributed by atoms with Crippen LogP contribution in [-0.4, -0.2) is 41.0 Å². The van der Waals surface area contributed by atoms with Gasteiger partial charge in [0.25, 0.3) is 0 Å². The number of nitrogens with one attached hydrogen (secondary N) is 2. The summed E-state index contributed by atoms with van der Waals surface area (Å²) < 4.78 is 28.8. The number of carbonyl (C=O) groups is 1. The highest BCUT2D eigenvalue weighted by Gasteiger charge is 2.23. The molecule has 1 unspecified atom stereocenters. The number of sulfonamides is 1. The molecule has 0 saturated heterocycles. The molecule has 0 spiro atoms. The first kappa shape index (κ1) is 23.5. The quantitative estimate of drug-likeness (QED) is 0.305. The first-order valence-electron chi connectivity index (χ1n) is 10.2. The number of nitrogens with zero attached hydrogens (tertiary/aromatic N) is 3. The number of aliphatic carboxylic acids is 1. The topological polar surface area (TPSA) is 134 Å². The Morgan fingerprint density at radius 1 is 1.06 bits per heavy atom. The third kappa shape index (κ3) is 6.01. The summed E-state index contributed by atoms with van der Waals surface area (Å²) in [6, 6.07) is 15.1. The van der Waals surface area contributed by atoms with E-state index in [-0.39, 0.29) is 11.4 Å². The average Bonchev–Trinajstić information content (AvgIpc) is 3.38. The zero-order valence-corrected chi connectivity index (χ0v) is 19.5. The van der Waals surface area contributed by atoms with E-state index in [0.717, 1.165) is 16.1 Å². The van der Waals surface area contributed by atoms with Crippen LogP contribution in [0.2, 0.25) is 0 Å². The van der Waals surface area contributed by atoms with E-state index in [1.54, 1.807) is 30.5 Å². The van der Waals surface area contributed by atoms with Crippen LogP contribution < -0.4 is 10.0 Å². The molecular formula is C23H21N5O4S2. The van der Waals surface area contributed by atoms with Crippen molar-refractivity contribution in [2.24, 2.45) is 0 Å². The van der Waals surface area contributed by atoms with Crippen molar-refractivity contribution >= 4 is 33.1 Å². The lowest BCUT2D eigenvalue weighted by Gasteiger charge is -2.19. The first-order valence-corrected chi connectivity index (χ1v) is 12.6. The summed E-state index contributed by atoms with van der Waals surface area (Å²) >= 11 is 1.54. The Morgan fingerprint density at radius 2 is 1.88 bits per heavy atom. The minimum Gasteiger partial charge on any atom is -0.480 e. The Bertz CT molecular complexity index is 1350. The normalized spacial score (nSPS) is 12.2. The van der Waals surface area contributed by atoms with Crippen LogP contribution in [0.15, 0.2) is 83.5 Å². The van der Waals surface area contributed by atoms with Crippen molar-refractivity contribution in [1.82, 2.24) is 19.7 Å². The molecule has 0 fully saturated rings. The highest BCUT2D eigenvalue weighted by atomic mass is 32.2. The molecule has 3 heterocycles. The third-order valence-electron chi connectivity index (χ3n) is 4.86. The van der Waals surface area contributed by atoms with Gasteiger partial charge in [0.05, 0.1) is 11.7 Å². The molecule has 0 aliphatic rings. The van der Waals surface area contributed by atoms with E-state index in [2.05, 4.69) is 25.0 Å². The second kappa shape index (κ2) is 10.5. The summed E-state index contributed by atoms with van der Waals surface area (Å²) in [4.78, 5) is 23.6. The van der Waals surface area contributed by atoms with E-state index in [1.807, 2.05) is 29.6 Å². The van der Waals surface area contributed by atoms with Gasteiger partial charge >= 0.3 is 5.97 Å². The second-order valence-corrected chi connectivity index (χ2v) is 9.90. The Hall–Kier alpha value is -3.67. The molecule has 0 aliphatic carbocycles. The molecule has 174 valence electrons. The summed E-state index contributed by atoms with van der Waals surface area (Å²) in [5.41, 5.74) is 2.32. The van der Waals surface area contributed by atoms with Crippen molar-refractivity contribution in [2.45, 2.75) is 17.4 Å². The van der Waals surface area contributed by atoms with Gasteiger partial charge in [-0.25, -0.2) is 23.1 Å². The lowest BCUT2D eigenvalue weighted by molar-refractivity contribution is -0.134. The van der Waals surface area contributed by atoms with E-state index in [9.17, 15) is 13.2 Å². The molecule has 34 heavy (non-hydrogen) atoms. The number of carboxylic acid groups (broad SMARTS) is 1. The fourth-order valence-corrected chi connectivity index (χ4v) is 5.08. The number of rotatable bonds is 10. The average molecular weight is 496 g/mol. The molecule has 9 nitrogen and oxygen atoms in total. The van der Waals surface area contributed by atoms with Crippen molar-refractivity contribution in [3.8, 4) is 10.6 Å². The van der Waals surface area contributed by atoms with Crippen LogP contribution in [0.3, 0.4) is 0 Å². The van der Waals surface area contributed by atoms with Crippen molar-refractivity contribution < 1.29 is 18.3 Å².